The minimum Gasteiger partial charge on any atom is -0.399 e. The lowest BCUT2D eigenvalue weighted by molar-refractivity contribution is -0.131. The Morgan fingerprint density at radius 1 is 1.39 bits per heavy atom. The topological polar surface area (TPSA) is 64.2 Å². The molecule has 0 saturated carbocycles. The Balaban J connectivity index is 2.26. The number of carbonyl (C=O) groups excluding carboxylic acids is 1. The van der Waals surface area contributed by atoms with Crippen molar-refractivity contribution in [2.75, 3.05) is 18.8 Å². The van der Waals surface area contributed by atoms with Gasteiger partial charge in [-0.1, -0.05) is 0 Å². The molecule has 96 valence electrons. The van der Waals surface area contributed by atoms with Gasteiger partial charge in [-0.2, -0.15) is 5.10 Å². The summed E-state index contributed by atoms with van der Waals surface area (Å²) < 4.78 is 1.70. The molecule has 1 aromatic carbocycles. The number of rotatable bonds is 4. The molecule has 2 N–H and O–H groups in total. The van der Waals surface area contributed by atoms with Crippen molar-refractivity contribution in [1.29, 1.82) is 0 Å². The molecule has 1 amide bonds. The summed E-state index contributed by atoms with van der Waals surface area (Å²) in [6.45, 7) is 5.64. The van der Waals surface area contributed by atoms with E-state index in [2.05, 4.69) is 5.10 Å². The number of likely N-dealkylation sites (N-methyl/N-ethyl adjacent to an activating group) is 1. The molecule has 0 fully saturated rings. The number of nitrogens with two attached hydrogens (primary N) is 1. The van der Waals surface area contributed by atoms with Crippen molar-refractivity contribution >= 4 is 22.5 Å². The van der Waals surface area contributed by atoms with E-state index in [1.54, 1.807) is 15.8 Å². The number of anilines is 1. The fourth-order valence-corrected chi connectivity index (χ4v) is 2.02. The first-order valence-electron chi connectivity index (χ1n) is 6.14. The molecule has 0 radical (unpaired) electrons. The molecule has 0 aliphatic carbocycles. The summed E-state index contributed by atoms with van der Waals surface area (Å²) in [5.41, 5.74) is 7.34. The fraction of sp³-hybridized carbons (Fsp3) is 0.385. The van der Waals surface area contributed by atoms with Crippen LogP contribution in [0.5, 0.6) is 0 Å². The van der Waals surface area contributed by atoms with Crippen LogP contribution in [0.1, 0.15) is 13.8 Å². The van der Waals surface area contributed by atoms with Crippen LogP contribution in [0.15, 0.2) is 24.4 Å². The van der Waals surface area contributed by atoms with E-state index >= 15 is 0 Å². The van der Waals surface area contributed by atoms with Crippen LogP contribution in [0.25, 0.3) is 10.9 Å². The Labute approximate surface area is 106 Å². The summed E-state index contributed by atoms with van der Waals surface area (Å²) in [6, 6.07) is 5.59. The molecular weight excluding hydrogens is 228 g/mol. The molecular formula is C13H18N4O. The Morgan fingerprint density at radius 2 is 2.11 bits per heavy atom. The number of hydrogen-bond acceptors (Lipinski definition) is 3. The van der Waals surface area contributed by atoms with E-state index in [0.717, 1.165) is 24.0 Å². The maximum atomic E-state index is 12.0. The lowest BCUT2D eigenvalue weighted by Gasteiger charge is -2.18. The van der Waals surface area contributed by atoms with Gasteiger partial charge in [-0.3, -0.25) is 9.48 Å². The number of benzene rings is 1. The van der Waals surface area contributed by atoms with Crippen molar-refractivity contribution in [2.45, 2.75) is 20.4 Å². The summed E-state index contributed by atoms with van der Waals surface area (Å²) in [4.78, 5) is 13.8. The van der Waals surface area contributed by atoms with Crippen molar-refractivity contribution < 1.29 is 4.79 Å². The second-order valence-corrected chi connectivity index (χ2v) is 4.19. The Hall–Kier alpha value is -2.04. The SMILES string of the molecule is CCN(CC)C(=O)Cn1ncc2ccc(N)cc21. The molecule has 18 heavy (non-hydrogen) atoms. The molecule has 0 aliphatic heterocycles. The zero-order chi connectivity index (χ0) is 13.1. The van der Waals surface area contributed by atoms with Gasteiger partial charge in [0.15, 0.2) is 0 Å². The van der Waals surface area contributed by atoms with Gasteiger partial charge in [0.2, 0.25) is 5.91 Å². The summed E-state index contributed by atoms with van der Waals surface area (Å²) in [5, 5.41) is 5.24. The van der Waals surface area contributed by atoms with Gasteiger partial charge in [-0.15, -0.1) is 0 Å². The molecule has 2 rings (SSSR count). The predicted octanol–water partition coefficient (Wildman–Crippen LogP) is 1.49. The number of carbonyl (C=O) groups is 1. The van der Waals surface area contributed by atoms with Crippen molar-refractivity contribution in [2.24, 2.45) is 0 Å². The summed E-state index contributed by atoms with van der Waals surface area (Å²) in [6.07, 6.45) is 1.75. The van der Waals surface area contributed by atoms with Crippen molar-refractivity contribution in [1.82, 2.24) is 14.7 Å². The Kier molecular flexibility index (Phi) is 3.50. The highest BCUT2D eigenvalue weighted by Gasteiger charge is 2.12. The number of hydrogen-bond donors (Lipinski definition) is 1. The van der Waals surface area contributed by atoms with Crippen molar-refractivity contribution in [3.63, 3.8) is 0 Å². The second-order valence-electron chi connectivity index (χ2n) is 4.19. The lowest BCUT2D eigenvalue weighted by Crippen LogP contribution is -2.33. The second kappa shape index (κ2) is 5.08. The van der Waals surface area contributed by atoms with E-state index in [1.165, 1.54) is 0 Å². The van der Waals surface area contributed by atoms with Gasteiger partial charge in [0, 0.05) is 24.2 Å². The molecule has 5 heteroatoms. The van der Waals surface area contributed by atoms with E-state index in [0.29, 0.717) is 5.69 Å². The molecule has 0 aliphatic rings. The van der Waals surface area contributed by atoms with Gasteiger partial charge in [0.05, 0.1) is 11.7 Å². The van der Waals surface area contributed by atoms with Crippen molar-refractivity contribution in [3.05, 3.63) is 24.4 Å². The van der Waals surface area contributed by atoms with Crippen LogP contribution >= 0.6 is 0 Å². The summed E-state index contributed by atoms with van der Waals surface area (Å²) >= 11 is 0. The predicted molar refractivity (Wildman–Crippen MR) is 72.1 cm³/mol. The minimum absolute atomic E-state index is 0.0763. The van der Waals surface area contributed by atoms with Crippen LogP contribution in [0.4, 0.5) is 5.69 Å². The molecule has 0 saturated heterocycles. The highest BCUT2D eigenvalue weighted by Crippen LogP contribution is 2.17. The normalized spacial score (nSPS) is 10.8. The average Bonchev–Trinajstić information content (AvgIpc) is 2.73. The zero-order valence-corrected chi connectivity index (χ0v) is 10.8. The smallest absolute Gasteiger partial charge is 0.244 e. The van der Waals surface area contributed by atoms with E-state index in [-0.39, 0.29) is 12.5 Å². The van der Waals surface area contributed by atoms with Gasteiger partial charge < -0.3 is 10.6 Å². The number of nitrogen functional groups attached to an aromatic ring is 1. The van der Waals surface area contributed by atoms with Crippen LogP contribution in [0.3, 0.4) is 0 Å². The maximum Gasteiger partial charge on any atom is 0.244 e. The van der Waals surface area contributed by atoms with E-state index in [4.69, 9.17) is 5.73 Å². The van der Waals surface area contributed by atoms with Crippen molar-refractivity contribution in [3.8, 4) is 0 Å². The number of nitrogens with zero attached hydrogens (tertiary/aromatic N) is 3. The molecule has 0 unspecified atom stereocenters. The maximum absolute atomic E-state index is 12.0. The van der Waals surface area contributed by atoms with E-state index in [9.17, 15) is 4.79 Å². The fourth-order valence-electron chi connectivity index (χ4n) is 2.02. The number of fused-ring (bicyclic) bond motifs is 1. The van der Waals surface area contributed by atoms with Crippen LogP contribution in [0.2, 0.25) is 0 Å². The van der Waals surface area contributed by atoms with Gasteiger partial charge >= 0.3 is 0 Å². The molecule has 0 spiro atoms. The van der Waals surface area contributed by atoms with E-state index in [1.807, 2.05) is 32.0 Å². The Morgan fingerprint density at radius 3 is 2.78 bits per heavy atom. The molecule has 5 nitrogen and oxygen atoms in total. The molecule has 0 atom stereocenters. The minimum atomic E-state index is 0.0763. The largest absolute Gasteiger partial charge is 0.399 e. The van der Waals surface area contributed by atoms with Crippen LogP contribution in [0, 0.1) is 0 Å². The third-order valence-corrected chi connectivity index (χ3v) is 3.07. The zero-order valence-electron chi connectivity index (χ0n) is 10.8. The van der Waals surface area contributed by atoms with E-state index < -0.39 is 0 Å². The van der Waals surface area contributed by atoms with Crippen LogP contribution in [-0.2, 0) is 11.3 Å². The van der Waals surface area contributed by atoms with Crippen LogP contribution < -0.4 is 5.73 Å². The monoisotopic (exact) mass is 246 g/mol. The Bertz CT molecular complexity index is 557. The quantitative estimate of drug-likeness (QED) is 0.831. The van der Waals surface area contributed by atoms with Gasteiger partial charge in [-0.25, -0.2) is 0 Å². The molecule has 0 bridgehead atoms. The van der Waals surface area contributed by atoms with Gasteiger partial charge in [-0.05, 0) is 32.0 Å². The highest BCUT2D eigenvalue weighted by atomic mass is 16.2. The lowest BCUT2D eigenvalue weighted by atomic mass is 10.2. The first-order chi connectivity index (χ1) is 8.65. The number of aromatic nitrogens is 2. The van der Waals surface area contributed by atoms with Gasteiger partial charge in [0.1, 0.15) is 6.54 Å². The number of amides is 1. The third-order valence-electron chi connectivity index (χ3n) is 3.07. The first-order valence-corrected chi connectivity index (χ1v) is 6.14. The highest BCUT2D eigenvalue weighted by molar-refractivity contribution is 5.84. The summed E-state index contributed by atoms with van der Waals surface area (Å²) in [7, 11) is 0. The standard InChI is InChI=1S/C13H18N4O/c1-3-16(4-2)13(18)9-17-12-7-11(14)6-5-10(12)8-15-17/h5-8H,3-4,9,14H2,1-2H3. The average molecular weight is 246 g/mol. The molecule has 2 aromatic rings. The third kappa shape index (κ3) is 2.30. The van der Waals surface area contributed by atoms with Crippen LogP contribution in [-0.4, -0.2) is 33.7 Å². The molecule has 1 aromatic heterocycles. The molecule has 1 heterocycles. The summed E-state index contributed by atoms with van der Waals surface area (Å²) in [5.74, 6) is 0.0763. The van der Waals surface area contributed by atoms with Gasteiger partial charge in [0.25, 0.3) is 0 Å². The first kappa shape index (κ1) is 12.4.